The molecule has 2 atom stereocenters. The number of aliphatic hydroxyl groups is 2. The van der Waals surface area contributed by atoms with Gasteiger partial charge in [-0.2, -0.15) is 8.42 Å². The fourth-order valence-electron chi connectivity index (χ4n) is 2.11. The van der Waals surface area contributed by atoms with Crippen LogP contribution in [0.3, 0.4) is 0 Å². The van der Waals surface area contributed by atoms with Crippen LogP contribution in [-0.4, -0.2) is 63.8 Å². The second-order valence-corrected chi connectivity index (χ2v) is 6.85. The molecule has 0 aromatic carbocycles. The van der Waals surface area contributed by atoms with E-state index in [2.05, 4.69) is 6.58 Å². The van der Waals surface area contributed by atoms with Gasteiger partial charge >= 0.3 is 10.4 Å². The minimum Gasteiger partial charge on any atom is -0.392 e. The van der Waals surface area contributed by atoms with Crippen LogP contribution in [0.25, 0.3) is 0 Å². The van der Waals surface area contributed by atoms with Crippen LogP contribution in [0, 0.1) is 5.41 Å². The third kappa shape index (κ3) is 7.32. The molecule has 1 aliphatic rings. The maximum absolute atomic E-state index is 11.8. The fourth-order valence-corrected chi connectivity index (χ4v) is 2.11. The molecule has 22 heavy (non-hydrogen) atoms. The molecular formula is C13H25NO7S. The zero-order chi connectivity index (χ0) is 17.7. The number of amides is 1. The normalized spacial score (nSPS) is 25.3. The Morgan fingerprint density at radius 3 is 1.73 bits per heavy atom. The lowest BCUT2D eigenvalue weighted by atomic mass is 9.77. The van der Waals surface area contributed by atoms with Crippen LogP contribution in [0.4, 0.5) is 0 Å². The van der Waals surface area contributed by atoms with Crippen LogP contribution in [0.5, 0.6) is 0 Å². The number of likely N-dealkylation sites (tertiary alicyclic amines) is 1. The van der Waals surface area contributed by atoms with E-state index in [1.807, 2.05) is 13.8 Å². The summed E-state index contributed by atoms with van der Waals surface area (Å²) in [7, 11) is -4.67. The zero-order valence-corrected chi connectivity index (χ0v) is 13.9. The molecular weight excluding hydrogens is 314 g/mol. The first-order valence-electron chi connectivity index (χ1n) is 6.77. The van der Waals surface area contributed by atoms with Gasteiger partial charge in [0.05, 0.1) is 12.2 Å². The van der Waals surface area contributed by atoms with Gasteiger partial charge in [0.15, 0.2) is 0 Å². The molecule has 1 heterocycles. The van der Waals surface area contributed by atoms with E-state index in [1.165, 1.54) is 0 Å². The molecule has 0 radical (unpaired) electrons. The van der Waals surface area contributed by atoms with Crippen molar-refractivity contribution < 1.29 is 32.5 Å². The zero-order valence-electron chi connectivity index (χ0n) is 13.1. The average molecular weight is 339 g/mol. The van der Waals surface area contributed by atoms with Crippen molar-refractivity contribution in [3.63, 3.8) is 0 Å². The number of rotatable bonds is 1. The Labute approximate surface area is 131 Å². The van der Waals surface area contributed by atoms with Crippen LogP contribution in [-0.2, 0) is 15.2 Å². The van der Waals surface area contributed by atoms with Crippen LogP contribution < -0.4 is 0 Å². The summed E-state index contributed by atoms with van der Waals surface area (Å²) in [6.07, 6.45) is -0.219. The van der Waals surface area contributed by atoms with Crippen molar-refractivity contribution in [2.24, 2.45) is 5.41 Å². The van der Waals surface area contributed by atoms with Gasteiger partial charge in [-0.3, -0.25) is 13.9 Å². The Bertz CT molecular complexity index is 477. The first-order chi connectivity index (χ1) is 9.76. The maximum Gasteiger partial charge on any atom is 0.394 e. The van der Waals surface area contributed by atoms with Crippen molar-refractivity contribution >= 4 is 16.3 Å². The highest BCUT2D eigenvalue weighted by atomic mass is 32.3. The van der Waals surface area contributed by atoms with Crippen LogP contribution in [0.15, 0.2) is 12.2 Å². The van der Waals surface area contributed by atoms with E-state index >= 15 is 0 Å². The molecule has 0 spiro atoms. The van der Waals surface area contributed by atoms with Crippen LogP contribution in [0.1, 0.15) is 33.6 Å². The number of carbonyl (C=O) groups excluding carboxylic acids is 1. The van der Waals surface area contributed by atoms with Crippen LogP contribution in [0.2, 0.25) is 0 Å². The predicted molar refractivity (Wildman–Crippen MR) is 80.6 cm³/mol. The van der Waals surface area contributed by atoms with E-state index in [9.17, 15) is 15.0 Å². The highest BCUT2D eigenvalue weighted by Crippen LogP contribution is 2.31. The SMILES string of the molecule is C=C(C)C(=O)N1CCC(O)C(C)(C)C(O)CC1.O=S(=O)(O)O. The van der Waals surface area contributed by atoms with Crippen molar-refractivity contribution in [3.05, 3.63) is 12.2 Å². The van der Waals surface area contributed by atoms with Gasteiger partial charge < -0.3 is 15.1 Å². The molecule has 0 saturated carbocycles. The Hall–Kier alpha value is -1.00. The molecule has 4 N–H and O–H groups in total. The minimum absolute atomic E-state index is 0.0934. The summed E-state index contributed by atoms with van der Waals surface area (Å²) in [4.78, 5) is 13.5. The Morgan fingerprint density at radius 2 is 1.45 bits per heavy atom. The molecule has 1 fully saturated rings. The largest absolute Gasteiger partial charge is 0.394 e. The van der Waals surface area contributed by atoms with Gasteiger partial charge in [-0.25, -0.2) is 0 Å². The topological polar surface area (TPSA) is 135 Å². The molecule has 1 rings (SSSR count). The Morgan fingerprint density at radius 1 is 1.14 bits per heavy atom. The summed E-state index contributed by atoms with van der Waals surface area (Å²) in [5.74, 6) is -0.0934. The smallest absolute Gasteiger partial charge is 0.392 e. The third-order valence-corrected chi connectivity index (χ3v) is 3.71. The molecule has 130 valence electrons. The Balaban J connectivity index is 0.000000763. The molecule has 2 unspecified atom stereocenters. The van der Waals surface area contributed by atoms with E-state index in [1.54, 1.807) is 11.8 Å². The van der Waals surface area contributed by atoms with E-state index in [0.717, 1.165) is 0 Å². The number of hydrogen-bond donors (Lipinski definition) is 4. The summed E-state index contributed by atoms with van der Waals surface area (Å²) < 4.78 is 31.6. The standard InChI is InChI=1S/C13H23NO3.H2O4S/c1-9(2)12(17)14-7-5-10(15)13(3,4)11(16)6-8-14;1-5(2,3)4/h10-11,15-16H,1,5-8H2,2-4H3;(H2,1,2,3,4). The molecule has 1 saturated heterocycles. The second-order valence-electron chi connectivity index (χ2n) is 5.95. The molecule has 0 aliphatic carbocycles. The van der Waals surface area contributed by atoms with E-state index < -0.39 is 28.0 Å². The van der Waals surface area contributed by atoms with Gasteiger partial charge in [-0.05, 0) is 19.8 Å². The third-order valence-electron chi connectivity index (χ3n) is 3.71. The molecule has 0 aromatic heterocycles. The molecule has 9 heteroatoms. The molecule has 1 aliphatic heterocycles. The number of aliphatic hydroxyl groups excluding tert-OH is 2. The van der Waals surface area contributed by atoms with Crippen molar-refractivity contribution in [1.29, 1.82) is 0 Å². The lowest BCUT2D eigenvalue weighted by Crippen LogP contribution is -2.48. The van der Waals surface area contributed by atoms with Crippen molar-refractivity contribution in [2.45, 2.75) is 45.8 Å². The van der Waals surface area contributed by atoms with E-state index in [0.29, 0.717) is 31.5 Å². The molecule has 0 bridgehead atoms. The van der Waals surface area contributed by atoms with Crippen LogP contribution >= 0.6 is 0 Å². The quantitative estimate of drug-likeness (QED) is 0.398. The summed E-state index contributed by atoms with van der Waals surface area (Å²) in [6.45, 7) is 10.1. The maximum atomic E-state index is 11.8. The monoisotopic (exact) mass is 339 g/mol. The van der Waals surface area contributed by atoms with Crippen molar-refractivity contribution in [1.82, 2.24) is 4.90 Å². The highest BCUT2D eigenvalue weighted by molar-refractivity contribution is 7.79. The van der Waals surface area contributed by atoms with Gasteiger partial charge in [0.2, 0.25) is 5.91 Å². The van der Waals surface area contributed by atoms with Gasteiger partial charge in [-0.1, -0.05) is 20.4 Å². The number of nitrogens with zero attached hydrogens (tertiary/aromatic N) is 1. The molecule has 8 nitrogen and oxygen atoms in total. The summed E-state index contributed by atoms with van der Waals surface area (Å²) >= 11 is 0. The average Bonchev–Trinajstić information content (AvgIpc) is 2.34. The van der Waals surface area contributed by atoms with Crippen molar-refractivity contribution in [2.75, 3.05) is 13.1 Å². The highest BCUT2D eigenvalue weighted by Gasteiger charge is 2.37. The molecule has 0 aromatic rings. The van der Waals surface area contributed by atoms with E-state index in [4.69, 9.17) is 17.5 Å². The van der Waals surface area contributed by atoms with Gasteiger partial charge in [0, 0.05) is 24.1 Å². The first kappa shape index (κ1) is 21.0. The number of hydrogen-bond acceptors (Lipinski definition) is 5. The Kier molecular flexibility index (Phi) is 7.66. The van der Waals surface area contributed by atoms with Gasteiger partial charge in [0.1, 0.15) is 0 Å². The first-order valence-corrected chi connectivity index (χ1v) is 8.17. The lowest BCUT2D eigenvalue weighted by molar-refractivity contribution is -0.130. The van der Waals surface area contributed by atoms with Gasteiger partial charge in [0.25, 0.3) is 0 Å². The molecule has 1 amide bonds. The number of carbonyl (C=O) groups is 1. The summed E-state index contributed by atoms with van der Waals surface area (Å²) in [5.41, 5.74) is -0.0212. The second kappa shape index (κ2) is 8.02. The lowest BCUT2D eigenvalue weighted by Gasteiger charge is -2.39. The fraction of sp³-hybridized carbons (Fsp3) is 0.769. The van der Waals surface area contributed by atoms with Gasteiger partial charge in [-0.15, -0.1) is 0 Å². The summed E-state index contributed by atoms with van der Waals surface area (Å²) in [6, 6.07) is 0. The van der Waals surface area contributed by atoms with E-state index in [-0.39, 0.29) is 5.91 Å². The minimum atomic E-state index is -4.67. The summed E-state index contributed by atoms with van der Waals surface area (Å²) in [5, 5.41) is 20.1. The van der Waals surface area contributed by atoms with Crippen molar-refractivity contribution in [3.8, 4) is 0 Å². The predicted octanol–water partition coefficient (Wildman–Crippen LogP) is 0.280.